The van der Waals surface area contributed by atoms with E-state index in [2.05, 4.69) is 15.4 Å². The highest BCUT2D eigenvalue weighted by Crippen LogP contribution is 2.17. The van der Waals surface area contributed by atoms with Gasteiger partial charge in [-0.25, -0.2) is 12.8 Å². The lowest BCUT2D eigenvalue weighted by atomic mass is 10.2. The van der Waals surface area contributed by atoms with Crippen LogP contribution in [0.25, 0.3) is 0 Å². The van der Waals surface area contributed by atoms with Crippen LogP contribution in [0, 0.1) is 5.82 Å². The third-order valence-electron chi connectivity index (χ3n) is 3.64. The van der Waals surface area contributed by atoms with Crippen LogP contribution in [0.2, 0.25) is 0 Å². The summed E-state index contributed by atoms with van der Waals surface area (Å²) >= 11 is 0. The average Bonchev–Trinajstić information content (AvgIpc) is 2.60. The van der Waals surface area contributed by atoms with Crippen molar-refractivity contribution in [2.45, 2.75) is 24.8 Å². The van der Waals surface area contributed by atoms with Crippen LogP contribution in [0.3, 0.4) is 0 Å². The molecule has 1 atom stereocenters. The normalized spacial score (nSPS) is 12.4. The number of amides is 1. The summed E-state index contributed by atoms with van der Waals surface area (Å²) in [5.41, 5.74) is 0.741. The fraction of sp³-hybridized carbons (Fsp3) is 0.278. The number of benzene rings is 2. The zero-order valence-electron chi connectivity index (χ0n) is 14.6. The van der Waals surface area contributed by atoms with Crippen molar-refractivity contribution in [2.24, 2.45) is 0 Å². The van der Waals surface area contributed by atoms with Gasteiger partial charge >= 0.3 is 0 Å². The number of rotatable bonds is 8. The third kappa shape index (κ3) is 5.53. The molecule has 2 aromatic rings. The van der Waals surface area contributed by atoms with Gasteiger partial charge in [0.25, 0.3) is 15.9 Å². The molecular formula is C18H22FN3O3S. The van der Waals surface area contributed by atoms with E-state index in [9.17, 15) is 17.6 Å². The Balaban J connectivity index is 2.00. The summed E-state index contributed by atoms with van der Waals surface area (Å²) < 4.78 is 39.8. The van der Waals surface area contributed by atoms with Crippen molar-refractivity contribution in [1.29, 1.82) is 0 Å². The van der Waals surface area contributed by atoms with Crippen LogP contribution >= 0.6 is 0 Å². The molecule has 0 aliphatic heterocycles. The van der Waals surface area contributed by atoms with E-state index in [-0.39, 0.29) is 16.8 Å². The number of anilines is 1. The number of hydrogen-bond acceptors (Lipinski definition) is 4. The van der Waals surface area contributed by atoms with E-state index in [0.717, 1.165) is 18.7 Å². The standard InChI is InChI=1S/C18H22FN3O3S/c1-3-20-13(2)12-21-18(23)14-4-8-16(9-5-14)22-26(24,25)17-10-6-15(19)7-11-17/h4-11,13,20,22H,3,12H2,1-2H3,(H,21,23)/t13-/m1/s1. The van der Waals surface area contributed by atoms with E-state index in [1.165, 1.54) is 36.4 Å². The van der Waals surface area contributed by atoms with Crippen LogP contribution in [0.5, 0.6) is 0 Å². The molecule has 0 bridgehead atoms. The number of sulfonamides is 1. The van der Waals surface area contributed by atoms with E-state index in [1.54, 1.807) is 0 Å². The molecule has 140 valence electrons. The Hall–Kier alpha value is -2.45. The van der Waals surface area contributed by atoms with Crippen LogP contribution in [0.1, 0.15) is 24.2 Å². The highest BCUT2D eigenvalue weighted by Gasteiger charge is 2.14. The molecule has 8 heteroatoms. The minimum atomic E-state index is -3.82. The van der Waals surface area contributed by atoms with Gasteiger partial charge in [0.2, 0.25) is 0 Å². The van der Waals surface area contributed by atoms with Crippen molar-refractivity contribution < 1.29 is 17.6 Å². The first kappa shape index (κ1) is 19.9. The van der Waals surface area contributed by atoms with Gasteiger partial charge in [0.15, 0.2) is 0 Å². The summed E-state index contributed by atoms with van der Waals surface area (Å²) in [6, 6.07) is 10.8. The van der Waals surface area contributed by atoms with Gasteiger partial charge in [-0.15, -0.1) is 0 Å². The van der Waals surface area contributed by atoms with Gasteiger partial charge in [0, 0.05) is 23.8 Å². The number of halogens is 1. The molecule has 1 amide bonds. The molecule has 0 fully saturated rings. The first-order valence-corrected chi connectivity index (χ1v) is 9.70. The van der Waals surface area contributed by atoms with Crippen molar-refractivity contribution in [3.8, 4) is 0 Å². The van der Waals surface area contributed by atoms with Gasteiger partial charge in [-0.1, -0.05) is 6.92 Å². The second kappa shape index (κ2) is 8.77. The number of hydrogen-bond donors (Lipinski definition) is 3. The van der Waals surface area contributed by atoms with Crippen molar-refractivity contribution in [1.82, 2.24) is 10.6 Å². The van der Waals surface area contributed by atoms with E-state index < -0.39 is 15.8 Å². The molecule has 2 aromatic carbocycles. The summed E-state index contributed by atoms with van der Waals surface area (Å²) in [5.74, 6) is -0.745. The summed E-state index contributed by atoms with van der Waals surface area (Å²) in [7, 11) is -3.82. The lowest BCUT2D eigenvalue weighted by molar-refractivity contribution is 0.0950. The molecule has 26 heavy (non-hydrogen) atoms. The Labute approximate surface area is 152 Å². The number of carbonyl (C=O) groups excluding carboxylic acids is 1. The van der Waals surface area contributed by atoms with Gasteiger partial charge in [-0.3, -0.25) is 9.52 Å². The molecule has 0 radical (unpaired) electrons. The molecule has 3 N–H and O–H groups in total. The molecule has 0 saturated heterocycles. The Morgan fingerprint density at radius 3 is 2.27 bits per heavy atom. The third-order valence-corrected chi connectivity index (χ3v) is 5.04. The lowest BCUT2D eigenvalue weighted by Gasteiger charge is -2.13. The first-order chi connectivity index (χ1) is 12.3. The van der Waals surface area contributed by atoms with Gasteiger partial charge in [0.1, 0.15) is 5.82 Å². The molecule has 2 rings (SSSR count). The average molecular weight is 379 g/mol. The van der Waals surface area contributed by atoms with Crippen LogP contribution in [-0.2, 0) is 10.0 Å². The van der Waals surface area contributed by atoms with E-state index in [1.807, 2.05) is 13.8 Å². The van der Waals surface area contributed by atoms with Crippen LogP contribution < -0.4 is 15.4 Å². The summed E-state index contributed by atoms with van der Waals surface area (Å²) in [6.07, 6.45) is 0. The predicted octanol–water partition coefficient (Wildman–Crippen LogP) is 2.35. The maximum Gasteiger partial charge on any atom is 0.261 e. The number of nitrogens with one attached hydrogen (secondary N) is 3. The molecule has 0 spiro atoms. The van der Waals surface area contributed by atoms with Gasteiger partial charge in [0.05, 0.1) is 4.90 Å². The van der Waals surface area contributed by atoms with Crippen molar-refractivity contribution in [2.75, 3.05) is 17.8 Å². The highest BCUT2D eigenvalue weighted by atomic mass is 32.2. The molecule has 0 aliphatic carbocycles. The van der Waals surface area contributed by atoms with Crippen LogP contribution in [0.15, 0.2) is 53.4 Å². The smallest absolute Gasteiger partial charge is 0.261 e. The molecule has 0 saturated carbocycles. The van der Waals surface area contributed by atoms with Crippen LogP contribution in [-0.4, -0.2) is 33.5 Å². The van der Waals surface area contributed by atoms with Gasteiger partial charge in [-0.05, 0) is 62.0 Å². The summed E-state index contributed by atoms with van der Waals surface area (Å²) in [5, 5.41) is 6.00. The maximum absolute atomic E-state index is 12.9. The SMILES string of the molecule is CCN[C@H](C)CNC(=O)c1ccc(NS(=O)(=O)c2ccc(F)cc2)cc1. The fourth-order valence-corrected chi connectivity index (χ4v) is 3.34. The number of likely N-dealkylation sites (N-methyl/N-ethyl adjacent to an activating group) is 1. The Kier molecular flexibility index (Phi) is 6.70. The molecule has 0 aromatic heterocycles. The summed E-state index contributed by atoms with van der Waals surface area (Å²) in [6.45, 7) is 5.27. The molecule has 0 unspecified atom stereocenters. The molecule has 0 aliphatic rings. The van der Waals surface area contributed by atoms with E-state index in [4.69, 9.17) is 0 Å². The molecule has 6 nitrogen and oxygen atoms in total. The largest absolute Gasteiger partial charge is 0.350 e. The Bertz CT molecular complexity index is 837. The monoisotopic (exact) mass is 379 g/mol. The van der Waals surface area contributed by atoms with Crippen molar-refractivity contribution in [3.05, 3.63) is 59.9 Å². The van der Waals surface area contributed by atoms with E-state index in [0.29, 0.717) is 17.8 Å². The molecule has 0 heterocycles. The first-order valence-electron chi connectivity index (χ1n) is 8.22. The lowest BCUT2D eigenvalue weighted by Crippen LogP contribution is -2.38. The quantitative estimate of drug-likeness (QED) is 0.657. The van der Waals surface area contributed by atoms with Crippen molar-refractivity contribution >= 4 is 21.6 Å². The summed E-state index contributed by atoms with van der Waals surface area (Å²) in [4.78, 5) is 12.0. The second-order valence-corrected chi connectivity index (χ2v) is 7.49. The Morgan fingerprint density at radius 1 is 1.08 bits per heavy atom. The minimum absolute atomic E-state index is 0.0434. The second-order valence-electron chi connectivity index (χ2n) is 5.81. The van der Waals surface area contributed by atoms with Crippen LogP contribution in [0.4, 0.5) is 10.1 Å². The predicted molar refractivity (Wildman–Crippen MR) is 99.1 cm³/mol. The van der Waals surface area contributed by atoms with Gasteiger partial charge < -0.3 is 10.6 Å². The maximum atomic E-state index is 12.9. The fourth-order valence-electron chi connectivity index (χ4n) is 2.29. The minimum Gasteiger partial charge on any atom is -0.350 e. The van der Waals surface area contributed by atoms with Gasteiger partial charge in [-0.2, -0.15) is 0 Å². The zero-order valence-corrected chi connectivity index (χ0v) is 15.4. The topological polar surface area (TPSA) is 87.3 Å². The number of carbonyl (C=O) groups is 1. The van der Waals surface area contributed by atoms with E-state index >= 15 is 0 Å². The zero-order chi connectivity index (χ0) is 19.2. The highest BCUT2D eigenvalue weighted by molar-refractivity contribution is 7.92. The molecular weight excluding hydrogens is 357 g/mol. The van der Waals surface area contributed by atoms with Crippen molar-refractivity contribution in [3.63, 3.8) is 0 Å². The Morgan fingerprint density at radius 2 is 1.69 bits per heavy atom.